The Hall–Kier alpha value is -2.73. The number of methoxy groups -OCH3 is 1. The summed E-state index contributed by atoms with van der Waals surface area (Å²) in [5.74, 6) is 0.736. The maximum atomic E-state index is 12.9. The first-order valence-corrected chi connectivity index (χ1v) is 9.90. The van der Waals surface area contributed by atoms with Crippen LogP contribution in [0.15, 0.2) is 48.5 Å². The SMILES string of the molecule is CCCNC(=O)[C@H](C)N(Cc1ccc(OC)cc1)C(=O)COc1cccc(Cl)c1. The van der Waals surface area contributed by atoms with Gasteiger partial charge in [0.1, 0.15) is 17.5 Å². The van der Waals surface area contributed by atoms with Crippen molar-refractivity contribution in [2.24, 2.45) is 0 Å². The largest absolute Gasteiger partial charge is 0.497 e. The van der Waals surface area contributed by atoms with Crippen molar-refractivity contribution >= 4 is 23.4 Å². The van der Waals surface area contributed by atoms with E-state index in [0.717, 1.165) is 17.7 Å². The third-order valence-corrected chi connectivity index (χ3v) is 4.62. The van der Waals surface area contributed by atoms with Crippen LogP contribution in [0.4, 0.5) is 0 Å². The standard InChI is InChI=1S/C22H27ClN2O4/c1-4-12-24-22(27)16(2)25(14-17-8-10-19(28-3)11-9-17)21(26)15-29-20-7-5-6-18(23)13-20/h5-11,13,16H,4,12,14-15H2,1-3H3,(H,24,27)/t16-/m0/s1. The number of benzene rings is 2. The number of rotatable bonds is 10. The van der Waals surface area contributed by atoms with Crippen LogP contribution in [0, 0.1) is 0 Å². The first-order chi connectivity index (χ1) is 13.9. The molecule has 0 aliphatic heterocycles. The molecular formula is C22H27ClN2O4. The van der Waals surface area contributed by atoms with Gasteiger partial charge in [0.2, 0.25) is 5.91 Å². The van der Waals surface area contributed by atoms with Crippen LogP contribution < -0.4 is 14.8 Å². The van der Waals surface area contributed by atoms with Gasteiger partial charge in [0.05, 0.1) is 7.11 Å². The van der Waals surface area contributed by atoms with E-state index in [0.29, 0.717) is 17.3 Å². The Morgan fingerprint density at radius 1 is 1.14 bits per heavy atom. The van der Waals surface area contributed by atoms with E-state index in [1.807, 2.05) is 31.2 Å². The number of ether oxygens (including phenoxy) is 2. The second-order valence-corrected chi connectivity index (χ2v) is 7.02. The van der Waals surface area contributed by atoms with E-state index in [1.54, 1.807) is 38.3 Å². The van der Waals surface area contributed by atoms with Gasteiger partial charge in [0.15, 0.2) is 6.61 Å². The van der Waals surface area contributed by atoms with Gasteiger partial charge in [-0.3, -0.25) is 9.59 Å². The molecule has 1 atom stereocenters. The van der Waals surface area contributed by atoms with Gasteiger partial charge < -0.3 is 19.7 Å². The molecule has 7 heteroatoms. The molecule has 0 radical (unpaired) electrons. The average Bonchev–Trinajstić information content (AvgIpc) is 2.74. The highest BCUT2D eigenvalue weighted by Crippen LogP contribution is 2.18. The van der Waals surface area contributed by atoms with E-state index in [-0.39, 0.29) is 25.0 Å². The van der Waals surface area contributed by atoms with Crippen molar-refractivity contribution < 1.29 is 19.1 Å². The van der Waals surface area contributed by atoms with Gasteiger partial charge in [-0.25, -0.2) is 0 Å². The van der Waals surface area contributed by atoms with Gasteiger partial charge in [-0.05, 0) is 49.2 Å². The lowest BCUT2D eigenvalue weighted by Crippen LogP contribution is -2.49. The minimum absolute atomic E-state index is 0.193. The number of nitrogens with zero attached hydrogens (tertiary/aromatic N) is 1. The van der Waals surface area contributed by atoms with Crippen molar-refractivity contribution in [3.05, 3.63) is 59.1 Å². The fourth-order valence-electron chi connectivity index (χ4n) is 2.69. The molecule has 2 aromatic rings. The molecule has 1 N–H and O–H groups in total. The van der Waals surface area contributed by atoms with Crippen molar-refractivity contribution in [1.29, 1.82) is 0 Å². The van der Waals surface area contributed by atoms with Crippen LogP contribution in [0.2, 0.25) is 5.02 Å². The summed E-state index contributed by atoms with van der Waals surface area (Å²) < 4.78 is 10.8. The van der Waals surface area contributed by atoms with Crippen molar-refractivity contribution in [1.82, 2.24) is 10.2 Å². The third-order valence-electron chi connectivity index (χ3n) is 4.39. The van der Waals surface area contributed by atoms with E-state index < -0.39 is 6.04 Å². The Kier molecular flexibility index (Phi) is 8.80. The molecule has 0 bridgehead atoms. The van der Waals surface area contributed by atoms with Crippen LogP contribution >= 0.6 is 11.6 Å². The number of carbonyl (C=O) groups is 2. The highest BCUT2D eigenvalue weighted by Gasteiger charge is 2.26. The van der Waals surface area contributed by atoms with Gasteiger partial charge in [-0.1, -0.05) is 36.7 Å². The monoisotopic (exact) mass is 418 g/mol. The average molecular weight is 419 g/mol. The lowest BCUT2D eigenvalue weighted by molar-refractivity contribution is -0.142. The molecule has 156 valence electrons. The van der Waals surface area contributed by atoms with Gasteiger partial charge >= 0.3 is 0 Å². The summed E-state index contributed by atoms with van der Waals surface area (Å²) in [6.45, 7) is 4.34. The van der Waals surface area contributed by atoms with Crippen LogP contribution in [0.25, 0.3) is 0 Å². The van der Waals surface area contributed by atoms with Gasteiger partial charge in [-0.15, -0.1) is 0 Å². The molecule has 2 amide bonds. The van der Waals surface area contributed by atoms with Gasteiger partial charge in [0, 0.05) is 18.1 Å². The fourth-order valence-corrected chi connectivity index (χ4v) is 2.87. The smallest absolute Gasteiger partial charge is 0.261 e. The second kappa shape index (κ2) is 11.3. The van der Waals surface area contributed by atoms with Crippen LogP contribution in [0.5, 0.6) is 11.5 Å². The lowest BCUT2D eigenvalue weighted by Gasteiger charge is -2.28. The summed E-state index contributed by atoms with van der Waals surface area (Å²) in [5, 5.41) is 3.37. The Morgan fingerprint density at radius 3 is 2.48 bits per heavy atom. The molecule has 0 unspecified atom stereocenters. The van der Waals surface area contributed by atoms with E-state index in [9.17, 15) is 9.59 Å². The normalized spacial score (nSPS) is 11.4. The molecule has 0 spiro atoms. The minimum atomic E-state index is -0.640. The van der Waals surface area contributed by atoms with Crippen LogP contribution in [0.1, 0.15) is 25.8 Å². The summed E-state index contributed by atoms with van der Waals surface area (Å²) >= 11 is 5.96. The molecular weight excluding hydrogens is 392 g/mol. The summed E-state index contributed by atoms with van der Waals surface area (Å²) in [6, 6.07) is 13.6. The zero-order valence-corrected chi connectivity index (χ0v) is 17.7. The molecule has 0 aliphatic rings. The third kappa shape index (κ3) is 6.98. The quantitative estimate of drug-likeness (QED) is 0.639. The number of carbonyl (C=O) groups excluding carboxylic acids is 2. The maximum absolute atomic E-state index is 12.9. The summed E-state index contributed by atoms with van der Waals surface area (Å²) in [7, 11) is 1.60. The fraction of sp³-hybridized carbons (Fsp3) is 0.364. The number of hydrogen-bond acceptors (Lipinski definition) is 4. The van der Waals surface area contributed by atoms with Gasteiger partial charge in [0.25, 0.3) is 5.91 Å². The van der Waals surface area contributed by atoms with Crippen LogP contribution in [0.3, 0.4) is 0 Å². The molecule has 0 aromatic heterocycles. The Bertz CT molecular complexity index is 811. The van der Waals surface area contributed by atoms with E-state index in [1.165, 1.54) is 4.90 Å². The molecule has 2 rings (SSSR count). The lowest BCUT2D eigenvalue weighted by atomic mass is 10.1. The molecule has 2 aromatic carbocycles. The second-order valence-electron chi connectivity index (χ2n) is 6.58. The van der Waals surface area contributed by atoms with E-state index >= 15 is 0 Å². The topological polar surface area (TPSA) is 67.9 Å². The number of hydrogen-bond donors (Lipinski definition) is 1. The highest BCUT2D eigenvalue weighted by atomic mass is 35.5. The number of amides is 2. The van der Waals surface area contributed by atoms with Crippen LogP contribution in [-0.2, 0) is 16.1 Å². The summed E-state index contributed by atoms with van der Waals surface area (Å²) in [6.07, 6.45) is 0.822. The highest BCUT2D eigenvalue weighted by molar-refractivity contribution is 6.30. The van der Waals surface area contributed by atoms with Crippen molar-refractivity contribution in [3.8, 4) is 11.5 Å². The van der Waals surface area contributed by atoms with Crippen molar-refractivity contribution in [2.75, 3.05) is 20.3 Å². The molecule has 0 fully saturated rings. The first-order valence-electron chi connectivity index (χ1n) is 9.53. The molecule has 6 nitrogen and oxygen atoms in total. The predicted molar refractivity (Wildman–Crippen MR) is 113 cm³/mol. The minimum Gasteiger partial charge on any atom is -0.497 e. The van der Waals surface area contributed by atoms with E-state index in [2.05, 4.69) is 5.32 Å². The first kappa shape index (κ1) is 22.6. The molecule has 29 heavy (non-hydrogen) atoms. The van der Waals surface area contributed by atoms with Crippen LogP contribution in [-0.4, -0.2) is 43.0 Å². The number of halogens is 1. The maximum Gasteiger partial charge on any atom is 0.261 e. The van der Waals surface area contributed by atoms with Crippen molar-refractivity contribution in [3.63, 3.8) is 0 Å². The predicted octanol–water partition coefficient (Wildman–Crippen LogP) is 3.67. The van der Waals surface area contributed by atoms with E-state index in [4.69, 9.17) is 21.1 Å². The van der Waals surface area contributed by atoms with Crippen molar-refractivity contribution in [2.45, 2.75) is 32.9 Å². The summed E-state index contributed by atoms with van der Waals surface area (Å²) in [5.41, 5.74) is 0.886. The van der Waals surface area contributed by atoms with Gasteiger partial charge in [-0.2, -0.15) is 0 Å². The molecule has 0 saturated carbocycles. The Balaban J connectivity index is 2.12. The molecule has 0 aliphatic carbocycles. The Labute approximate surface area is 176 Å². The summed E-state index contributed by atoms with van der Waals surface area (Å²) in [4.78, 5) is 26.9. The number of nitrogens with one attached hydrogen (secondary N) is 1. The molecule has 0 saturated heterocycles. The Morgan fingerprint density at radius 2 is 1.86 bits per heavy atom. The zero-order chi connectivity index (χ0) is 21.2. The molecule has 0 heterocycles. The zero-order valence-electron chi connectivity index (χ0n) is 17.0.